The van der Waals surface area contributed by atoms with Gasteiger partial charge in [0.15, 0.2) is 5.78 Å². The van der Waals surface area contributed by atoms with Gasteiger partial charge in [-0.2, -0.15) is 0 Å². The summed E-state index contributed by atoms with van der Waals surface area (Å²) in [5, 5.41) is 0. The summed E-state index contributed by atoms with van der Waals surface area (Å²) in [7, 11) is 0. The summed E-state index contributed by atoms with van der Waals surface area (Å²) in [6.45, 7) is 3.46. The molecule has 0 fully saturated rings. The molecule has 0 aliphatic carbocycles. The summed E-state index contributed by atoms with van der Waals surface area (Å²) >= 11 is 7.98. The van der Waals surface area contributed by atoms with E-state index >= 15 is 0 Å². The van der Waals surface area contributed by atoms with Crippen molar-refractivity contribution in [1.82, 2.24) is 0 Å². The summed E-state index contributed by atoms with van der Waals surface area (Å²) in [5.74, 6) is 0.0746. The van der Waals surface area contributed by atoms with E-state index in [0.29, 0.717) is 4.99 Å². The fourth-order valence-corrected chi connectivity index (χ4v) is 3.58. The van der Waals surface area contributed by atoms with Gasteiger partial charge < -0.3 is 5.73 Å². The first-order chi connectivity index (χ1) is 6.49. The maximum absolute atomic E-state index is 11.4. The zero-order valence-corrected chi connectivity index (χ0v) is 10.7. The number of hydrogen-bond donors (Lipinski definition) is 1. The third-order valence-corrected chi connectivity index (χ3v) is 4.65. The Balaban J connectivity index is 3.40. The van der Waals surface area contributed by atoms with E-state index in [2.05, 4.69) is 0 Å². The molecule has 0 spiro atoms. The number of carbonyl (C=O) groups is 1. The molecular formula is C9H11NOS3. The van der Waals surface area contributed by atoms with Crippen molar-refractivity contribution < 1.29 is 4.79 Å². The van der Waals surface area contributed by atoms with E-state index in [9.17, 15) is 4.79 Å². The van der Waals surface area contributed by atoms with Crippen LogP contribution in [0.5, 0.6) is 0 Å². The van der Waals surface area contributed by atoms with Crippen LogP contribution in [0.1, 0.15) is 27.7 Å². The topological polar surface area (TPSA) is 43.1 Å². The SMILES string of the molecule is CSc1sc(C(N)=S)c(C)c1C(C)=O. The minimum atomic E-state index is 0.0746. The number of Topliss-reactive ketones (excluding diaryl/α,β-unsaturated/α-hetero) is 1. The van der Waals surface area contributed by atoms with Crippen LogP contribution in [-0.4, -0.2) is 17.0 Å². The molecule has 1 rings (SSSR count). The Kier molecular flexibility index (Phi) is 3.69. The van der Waals surface area contributed by atoms with Gasteiger partial charge in [0.1, 0.15) is 4.99 Å². The quantitative estimate of drug-likeness (QED) is 0.505. The Morgan fingerprint density at radius 2 is 2.14 bits per heavy atom. The highest BCUT2D eigenvalue weighted by Crippen LogP contribution is 2.34. The van der Waals surface area contributed by atoms with Crippen molar-refractivity contribution in [2.45, 2.75) is 18.1 Å². The largest absolute Gasteiger partial charge is 0.389 e. The van der Waals surface area contributed by atoms with Crippen molar-refractivity contribution in [2.24, 2.45) is 5.73 Å². The lowest BCUT2D eigenvalue weighted by Gasteiger charge is -1.97. The standard InChI is InChI=1S/C9H11NOS3/c1-4-6(5(2)11)9(13-3)14-7(4)8(10)12/h1-3H3,(H2,10,12). The second kappa shape index (κ2) is 4.42. The molecule has 0 saturated carbocycles. The van der Waals surface area contributed by atoms with Crippen LogP contribution in [0.25, 0.3) is 0 Å². The summed E-state index contributed by atoms with van der Waals surface area (Å²) in [6, 6.07) is 0. The van der Waals surface area contributed by atoms with Crippen molar-refractivity contribution >= 4 is 46.1 Å². The molecule has 0 saturated heterocycles. The van der Waals surface area contributed by atoms with E-state index in [1.54, 1.807) is 18.7 Å². The van der Waals surface area contributed by atoms with E-state index in [1.807, 2.05) is 13.2 Å². The Morgan fingerprint density at radius 3 is 2.43 bits per heavy atom. The van der Waals surface area contributed by atoms with Crippen molar-refractivity contribution in [3.63, 3.8) is 0 Å². The summed E-state index contributed by atoms with van der Waals surface area (Å²) in [4.78, 5) is 12.6. The van der Waals surface area contributed by atoms with Gasteiger partial charge in [-0.3, -0.25) is 4.79 Å². The summed E-state index contributed by atoms with van der Waals surface area (Å²) in [5.41, 5.74) is 7.26. The molecule has 0 aromatic carbocycles. The third-order valence-electron chi connectivity index (χ3n) is 1.88. The van der Waals surface area contributed by atoms with Crippen LogP contribution in [0.4, 0.5) is 0 Å². The average Bonchev–Trinajstić information content (AvgIpc) is 2.42. The van der Waals surface area contributed by atoms with Crippen LogP contribution < -0.4 is 5.73 Å². The maximum Gasteiger partial charge on any atom is 0.162 e. The Bertz CT molecular complexity index is 395. The lowest BCUT2D eigenvalue weighted by Crippen LogP contribution is -2.09. The summed E-state index contributed by atoms with van der Waals surface area (Å²) in [6.07, 6.45) is 1.95. The summed E-state index contributed by atoms with van der Waals surface area (Å²) < 4.78 is 0.998. The molecule has 0 unspecified atom stereocenters. The van der Waals surface area contributed by atoms with Crippen LogP contribution in [0.2, 0.25) is 0 Å². The van der Waals surface area contributed by atoms with Gasteiger partial charge in [-0.1, -0.05) is 12.2 Å². The number of ketones is 1. The lowest BCUT2D eigenvalue weighted by molar-refractivity contribution is 0.101. The third kappa shape index (κ3) is 1.99. The van der Waals surface area contributed by atoms with E-state index in [1.165, 1.54) is 11.3 Å². The Hall–Kier alpha value is -0.390. The molecule has 14 heavy (non-hydrogen) atoms. The normalized spacial score (nSPS) is 10.2. The molecule has 0 aliphatic heterocycles. The second-order valence-corrected chi connectivity index (χ2v) is 5.38. The van der Waals surface area contributed by atoms with Gasteiger partial charge in [-0.25, -0.2) is 0 Å². The molecule has 76 valence electrons. The van der Waals surface area contributed by atoms with E-state index in [4.69, 9.17) is 18.0 Å². The Labute approximate surface area is 96.9 Å². The number of carbonyl (C=O) groups excluding carboxylic acids is 1. The lowest BCUT2D eigenvalue weighted by atomic mass is 10.1. The predicted octanol–water partition coefficient (Wildman–Crippen LogP) is 2.62. The van der Waals surface area contributed by atoms with Gasteiger partial charge in [0, 0.05) is 5.56 Å². The van der Waals surface area contributed by atoms with Crippen LogP contribution in [0, 0.1) is 6.92 Å². The molecule has 0 bridgehead atoms. The first-order valence-corrected chi connectivity index (χ1v) is 6.42. The number of hydrogen-bond acceptors (Lipinski definition) is 4. The monoisotopic (exact) mass is 245 g/mol. The van der Waals surface area contributed by atoms with Crippen LogP contribution in [0.3, 0.4) is 0 Å². The zero-order valence-electron chi connectivity index (χ0n) is 8.21. The average molecular weight is 245 g/mol. The first kappa shape index (κ1) is 11.7. The minimum absolute atomic E-state index is 0.0746. The molecule has 5 heteroatoms. The van der Waals surface area contributed by atoms with Gasteiger partial charge in [0.25, 0.3) is 0 Å². The van der Waals surface area contributed by atoms with Crippen LogP contribution >= 0.6 is 35.3 Å². The van der Waals surface area contributed by atoms with Crippen molar-refractivity contribution in [2.75, 3.05) is 6.26 Å². The highest BCUT2D eigenvalue weighted by molar-refractivity contribution is 8.00. The zero-order chi connectivity index (χ0) is 10.9. The number of nitrogens with two attached hydrogens (primary N) is 1. The molecule has 2 nitrogen and oxygen atoms in total. The molecule has 0 aliphatic rings. The van der Waals surface area contributed by atoms with Gasteiger partial charge >= 0.3 is 0 Å². The number of thiophene rings is 1. The molecule has 2 N–H and O–H groups in total. The fraction of sp³-hybridized carbons (Fsp3) is 0.333. The van der Waals surface area contributed by atoms with Crippen molar-refractivity contribution in [3.8, 4) is 0 Å². The van der Waals surface area contributed by atoms with Crippen LogP contribution in [-0.2, 0) is 0 Å². The van der Waals surface area contributed by atoms with Crippen molar-refractivity contribution in [1.29, 1.82) is 0 Å². The predicted molar refractivity (Wildman–Crippen MR) is 66.7 cm³/mol. The molecule has 1 heterocycles. The number of rotatable bonds is 3. The molecule has 0 atom stereocenters. The second-order valence-electron chi connectivity index (χ2n) is 2.84. The van der Waals surface area contributed by atoms with Gasteiger partial charge in [-0.05, 0) is 25.7 Å². The van der Waals surface area contributed by atoms with E-state index in [0.717, 1.165) is 20.2 Å². The van der Waals surface area contributed by atoms with E-state index in [-0.39, 0.29) is 5.78 Å². The van der Waals surface area contributed by atoms with Gasteiger partial charge in [-0.15, -0.1) is 23.1 Å². The number of thioether (sulfide) groups is 1. The van der Waals surface area contributed by atoms with Gasteiger partial charge in [0.05, 0.1) is 9.09 Å². The van der Waals surface area contributed by atoms with Crippen molar-refractivity contribution in [3.05, 3.63) is 16.0 Å². The minimum Gasteiger partial charge on any atom is -0.389 e. The highest BCUT2D eigenvalue weighted by Gasteiger charge is 2.18. The molecular weight excluding hydrogens is 234 g/mol. The first-order valence-electron chi connectivity index (χ1n) is 3.97. The smallest absolute Gasteiger partial charge is 0.162 e. The van der Waals surface area contributed by atoms with E-state index < -0.39 is 0 Å². The highest BCUT2D eigenvalue weighted by atomic mass is 32.2. The molecule has 1 aromatic heterocycles. The maximum atomic E-state index is 11.4. The molecule has 0 amide bonds. The molecule has 0 radical (unpaired) electrons. The van der Waals surface area contributed by atoms with Gasteiger partial charge in [0.2, 0.25) is 0 Å². The fourth-order valence-electron chi connectivity index (χ4n) is 1.27. The Morgan fingerprint density at radius 1 is 1.57 bits per heavy atom. The molecule has 1 aromatic rings. The number of thiocarbonyl (C=S) groups is 1. The van der Waals surface area contributed by atoms with Crippen LogP contribution in [0.15, 0.2) is 4.21 Å².